The topological polar surface area (TPSA) is 12.4 Å². The number of rotatable bonds is 3. The monoisotopic (exact) mass is 151 g/mol. The molecule has 1 aliphatic carbocycles. The Hall–Kier alpha value is -0.590. The fourth-order valence-corrected chi connectivity index (χ4v) is 2.05. The highest BCUT2D eigenvalue weighted by atomic mass is 14.9. The molecule has 0 amide bonds. The lowest BCUT2D eigenvalue weighted by atomic mass is 10.1. The minimum atomic E-state index is 0.142. The molecule has 1 heteroatoms. The average Bonchev–Trinajstić information content (AvgIpc) is 2.57. The van der Waals surface area contributed by atoms with Crippen molar-refractivity contribution in [3.05, 3.63) is 12.2 Å². The molecule has 0 aromatic heterocycles. The van der Waals surface area contributed by atoms with E-state index in [0.717, 1.165) is 6.42 Å². The summed E-state index contributed by atoms with van der Waals surface area (Å²) in [6, 6.07) is 0. The second-order valence-electron chi connectivity index (χ2n) is 3.15. The van der Waals surface area contributed by atoms with Gasteiger partial charge in [0.15, 0.2) is 0 Å². The predicted molar refractivity (Wildman–Crippen MR) is 50.1 cm³/mol. The summed E-state index contributed by atoms with van der Waals surface area (Å²) < 4.78 is 0. The minimum Gasteiger partial charge on any atom is -0.286 e. The van der Waals surface area contributed by atoms with Gasteiger partial charge in [0.25, 0.3) is 0 Å². The van der Waals surface area contributed by atoms with Crippen molar-refractivity contribution in [3.8, 4) is 0 Å². The molecule has 0 N–H and O–H groups in total. The van der Waals surface area contributed by atoms with E-state index < -0.39 is 0 Å². The lowest BCUT2D eigenvalue weighted by molar-refractivity contribution is 0.572. The van der Waals surface area contributed by atoms with Gasteiger partial charge in [0, 0.05) is 5.92 Å². The maximum absolute atomic E-state index is 4.49. The Labute approximate surface area is 69.2 Å². The van der Waals surface area contributed by atoms with E-state index >= 15 is 0 Å². The van der Waals surface area contributed by atoms with Gasteiger partial charge < -0.3 is 0 Å². The van der Waals surface area contributed by atoms with E-state index in [9.17, 15) is 0 Å². The van der Waals surface area contributed by atoms with E-state index in [1.54, 1.807) is 0 Å². The first kappa shape index (κ1) is 8.51. The molecular weight excluding hydrogens is 134 g/mol. The standard InChI is InChI=1S/C10H17N/c1-5-9-8(4)10(9,6-2)11-7-3/h7,9H,4-6H2,1-3H3/b11-7+. The molecule has 0 saturated heterocycles. The van der Waals surface area contributed by atoms with E-state index in [0.29, 0.717) is 5.92 Å². The van der Waals surface area contributed by atoms with Crippen molar-refractivity contribution >= 4 is 6.21 Å². The lowest BCUT2D eigenvalue weighted by Gasteiger charge is -2.05. The SMILES string of the molecule is C=C1C(CC)C1(CC)/N=C/C. The molecule has 0 radical (unpaired) electrons. The normalized spacial score (nSPS) is 36.6. The van der Waals surface area contributed by atoms with Crippen LogP contribution in [0.1, 0.15) is 33.6 Å². The van der Waals surface area contributed by atoms with Crippen LogP contribution < -0.4 is 0 Å². The number of hydrogen-bond acceptors (Lipinski definition) is 1. The van der Waals surface area contributed by atoms with E-state index in [-0.39, 0.29) is 5.54 Å². The van der Waals surface area contributed by atoms with Gasteiger partial charge in [0.05, 0.1) is 5.54 Å². The van der Waals surface area contributed by atoms with Crippen LogP contribution in [-0.4, -0.2) is 11.8 Å². The Kier molecular flexibility index (Phi) is 2.17. The van der Waals surface area contributed by atoms with Crippen molar-refractivity contribution in [2.24, 2.45) is 10.9 Å². The Morgan fingerprint density at radius 2 is 2.27 bits per heavy atom. The van der Waals surface area contributed by atoms with Crippen LogP contribution in [0.25, 0.3) is 0 Å². The molecule has 0 aromatic carbocycles. The fraction of sp³-hybridized carbons (Fsp3) is 0.700. The van der Waals surface area contributed by atoms with Crippen LogP contribution in [0.2, 0.25) is 0 Å². The van der Waals surface area contributed by atoms with E-state index in [1.807, 2.05) is 13.1 Å². The molecule has 1 fully saturated rings. The van der Waals surface area contributed by atoms with Gasteiger partial charge in [-0.25, -0.2) is 0 Å². The molecule has 62 valence electrons. The molecule has 2 atom stereocenters. The first-order valence-electron chi connectivity index (χ1n) is 4.42. The molecule has 0 aromatic rings. The third kappa shape index (κ3) is 1.03. The van der Waals surface area contributed by atoms with Gasteiger partial charge in [-0.2, -0.15) is 0 Å². The van der Waals surface area contributed by atoms with Gasteiger partial charge in [0.2, 0.25) is 0 Å². The molecule has 1 aliphatic rings. The van der Waals surface area contributed by atoms with Gasteiger partial charge in [-0.15, -0.1) is 0 Å². The Balaban J connectivity index is 2.74. The Morgan fingerprint density at radius 3 is 2.55 bits per heavy atom. The molecule has 0 aliphatic heterocycles. The van der Waals surface area contributed by atoms with Crippen molar-refractivity contribution in [1.29, 1.82) is 0 Å². The highest BCUT2D eigenvalue weighted by Gasteiger charge is 2.55. The van der Waals surface area contributed by atoms with Gasteiger partial charge in [-0.3, -0.25) is 4.99 Å². The molecule has 0 spiro atoms. The Bertz CT molecular complexity index is 193. The molecule has 0 bridgehead atoms. The summed E-state index contributed by atoms with van der Waals surface area (Å²) in [6.45, 7) is 10.4. The van der Waals surface area contributed by atoms with Gasteiger partial charge >= 0.3 is 0 Å². The van der Waals surface area contributed by atoms with Crippen LogP contribution in [0.15, 0.2) is 17.1 Å². The first-order valence-corrected chi connectivity index (χ1v) is 4.42. The average molecular weight is 151 g/mol. The maximum atomic E-state index is 4.49. The van der Waals surface area contributed by atoms with Crippen LogP contribution in [0.3, 0.4) is 0 Å². The lowest BCUT2D eigenvalue weighted by Crippen LogP contribution is -2.06. The summed E-state index contributed by atoms with van der Waals surface area (Å²) in [7, 11) is 0. The minimum absolute atomic E-state index is 0.142. The van der Waals surface area contributed by atoms with Crippen molar-refractivity contribution in [2.75, 3.05) is 0 Å². The summed E-state index contributed by atoms with van der Waals surface area (Å²) >= 11 is 0. The van der Waals surface area contributed by atoms with Crippen LogP contribution in [0, 0.1) is 5.92 Å². The molecule has 1 nitrogen and oxygen atoms in total. The van der Waals surface area contributed by atoms with Crippen LogP contribution in [0.4, 0.5) is 0 Å². The summed E-state index contributed by atoms with van der Waals surface area (Å²) in [5, 5.41) is 0. The zero-order valence-electron chi connectivity index (χ0n) is 7.72. The van der Waals surface area contributed by atoms with Crippen LogP contribution >= 0.6 is 0 Å². The van der Waals surface area contributed by atoms with Gasteiger partial charge in [0.1, 0.15) is 0 Å². The number of hydrogen-bond donors (Lipinski definition) is 0. The summed E-state index contributed by atoms with van der Waals surface area (Å²) in [6.07, 6.45) is 4.20. The van der Waals surface area contributed by atoms with Crippen molar-refractivity contribution < 1.29 is 0 Å². The predicted octanol–water partition coefficient (Wildman–Crippen LogP) is 2.82. The second-order valence-corrected chi connectivity index (χ2v) is 3.15. The highest BCUT2D eigenvalue weighted by molar-refractivity contribution is 5.58. The third-order valence-corrected chi connectivity index (χ3v) is 2.78. The molecule has 0 heterocycles. The smallest absolute Gasteiger partial charge is 0.0876 e. The van der Waals surface area contributed by atoms with E-state index in [4.69, 9.17) is 0 Å². The molecule has 1 rings (SSSR count). The number of aliphatic imine (C=N–C) groups is 1. The maximum Gasteiger partial charge on any atom is 0.0876 e. The zero-order chi connectivity index (χ0) is 8.48. The summed E-state index contributed by atoms with van der Waals surface area (Å²) in [5.41, 5.74) is 1.48. The van der Waals surface area contributed by atoms with Crippen LogP contribution in [0.5, 0.6) is 0 Å². The highest BCUT2D eigenvalue weighted by Crippen LogP contribution is 2.55. The van der Waals surface area contributed by atoms with Crippen LogP contribution in [-0.2, 0) is 0 Å². The van der Waals surface area contributed by atoms with Gasteiger partial charge in [-0.05, 0) is 31.6 Å². The fourth-order valence-electron chi connectivity index (χ4n) is 2.05. The number of nitrogens with zero attached hydrogens (tertiary/aromatic N) is 1. The largest absolute Gasteiger partial charge is 0.286 e. The molecule has 2 unspecified atom stereocenters. The van der Waals surface area contributed by atoms with E-state index in [2.05, 4.69) is 25.4 Å². The first-order chi connectivity index (χ1) is 5.22. The van der Waals surface area contributed by atoms with E-state index in [1.165, 1.54) is 12.0 Å². The third-order valence-electron chi connectivity index (χ3n) is 2.78. The zero-order valence-corrected chi connectivity index (χ0v) is 7.72. The Morgan fingerprint density at radius 1 is 1.64 bits per heavy atom. The summed E-state index contributed by atoms with van der Waals surface area (Å²) in [5.74, 6) is 0.656. The molecular formula is C10H17N. The molecule has 1 saturated carbocycles. The van der Waals surface area contributed by atoms with Crippen molar-refractivity contribution in [3.63, 3.8) is 0 Å². The quantitative estimate of drug-likeness (QED) is 0.434. The summed E-state index contributed by atoms with van der Waals surface area (Å²) in [4.78, 5) is 4.49. The van der Waals surface area contributed by atoms with Crippen molar-refractivity contribution in [2.45, 2.75) is 39.2 Å². The van der Waals surface area contributed by atoms with Crippen molar-refractivity contribution in [1.82, 2.24) is 0 Å². The second kappa shape index (κ2) is 2.80. The van der Waals surface area contributed by atoms with Gasteiger partial charge in [-0.1, -0.05) is 20.4 Å². The molecule has 11 heavy (non-hydrogen) atoms.